The number of hydrogen-bond acceptors (Lipinski definition) is 6. The standard InChI is InChI=1S/C42H37N3.C40H33N3.C36H25N3/c1-41(2,3)27-18-20-30-31-21-19-28(42(4,5)6)24-35(31)40-39(34(30)23-27)43-25-36(44-40)26-12-11-13-29(22-26)45-37-16-9-7-14-32(37)33-15-8-10-17-38(33)45;1-24(2)26-16-18-30-31-19-17-27(25(3)4)22-35(31)40-39(34(30)21-26)41-23-36(42-40)28-10-9-11-29(20-28)43-37-14-7-5-12-32(37)33-13-6-8-15-38(33)43;1-22-14-16-26-27-17-15-23(2)19-31(27)36-35(30(26)18-22)37-21-32(38-36)24-8-7-9-25(20-24)39-33-12-5-3-10-28(33)29-11-4-6-13-34(29)39/h7-25H,1-6H3;5-25H,1-4H3;3-21H,1-2H3. The van der Waals surface area contributed by atoms with Crippen LogP contribution in [-0.2, 0) is 10.8 Å². The summed E-state index contributed by atoms with van der Waals surface area (Å²) in [6.07, 6.45) is 5.83. The summed E-state index contributed by atoms with van der Waals surface area (Å²) < 4.78 is 7.06. The van der Waals surface area contributed by atoms with Crippen LogP contribution in [0.15, 0.2) is 346 Å². The fourth-order valence-electron chi connectivity index (χ4n) is 19.5. The maximum atomic E-state index is 5.41. The van der Waals surface area contributed by atoms with Crippen LogP contribution in [0, 0.1) is 13.8 Å². The predicted molar refractivity (Wildman–Crippen MR) is 538 cm³/mol. The third-order valence-corrected chi connectivity index (χ3v) is 26.2. The zero-order valence-corrected chi connectivity index (χ0v) is 73.6. The molecule has 0 amide bonds. The number of aromatic nitrogens is 9. The minimum absolute atomic E-state index is 0.0211. The van der Waals surface area contributed by atoms with Gasteiger partial charge in [-0.25, -0.2) is 15.0 Å². The molecule has 24 aromatic rings. The minimum Gasteiger partial charge on any atom is -0.309 e. The molecule has 127 heavy (non-hydrogen) atoms. The van der Waals surface area contributed by atoms with Crippen LogP contribution in [0.3, 0.4) is 0 Å². The quantitative estimate of drug-likeness (QED) is 0.141. The fourth-order valence-corrected chi connectivity index (χ4v) is 19.5. The smallest absolute Gasteiger partial charge is 0.0979 e. The van der Waals surface area contributed by atoms with Gasteiger partial charge in [0, 0.05) is 98.4 Å². The first-order chi connectivity index (χ1) is 61.7. The van der Waals surface area contributed by atoms with Crippen LogP contribution in [0.2, 0.25) is 0 Å². The summed E-state index contributed by atoms with van der Waals surface area (Å²) in [7, 11) is 0. The van der Waals surface area contributed by atoms with Crippen LogP contribution >= 0.6 is 0 Å². The molecule has 18 aromatic carbocycles. The number of para-hydroxylation sites is 6. The van der Waals surface area contributed by atoms with Gasteiger partial charge in [0.1, 0.15) is 0 Å². The number of fused-ring (bicyclic) bond motifs is 27. The molecule has 0 bridgehead atoms. The summed E-state index contributed by atoms with van der Waals surface area (Å²) >= 11 is 0. The Balaban J connectivity index is 0.000000113. The van der Waals surface area contributed by atoms with Crippen molar-refractivity contribution < 1.29 is 0 Å². The molecule has 9 heteroatoms. The third-order valence-electron chi connectivity index (χ3n) is 26.2. The largest absolute Gasteiger partial charge is 0.309 e. The SMILES string of the molecule is CC(C)(C)c1ccc2c3ccc(C(C)(C)C)cc3c3nc(-c4cccc(-n5c6ccccc6c6ccccc65)c4)cnc3c2c1.CC(C)c1ccc2c3ccc(C(C)C)cc3c3nc(-c4cccc(-n5c6ccccc6c6ccccc65)c4)cnc3c2c1.Cc1ccc2c3ccc(C)cc3c3nc(-c4cccc(-n5c6ccccc6c6ccccc65)c4)cnc3c2c1. The molecule has 0 atom stereocenters. The number of hydrogen-bond donors (Lipinski definition) is 0. The highest BCUT2D eigenvalue weighted by Crippen LogP contribution is 2.45. The first-order valence-corrected chi connectivity index (χ1v) is 44.4. The molecule has 0 radical (unpaired) electrons. The van der Waals surface area contributed by atoms with Gasteiger partial charge in [-0.2, -0.15) is 0 Å². The Morgan fingerprint density at radius 2 is 0.472 bits per heavy atom. The molecule has 0 N–H and O–H groups in total. The minimum atomic E-state index is 0.0211. The lowest BCUT2D eigenvalue weighted by atomic mass is 9.83. The molecule has 0 aliphatic rings. The maximum absolute atomic E-state index is 5.41. The van der Waals surface area contributed by atoms with Gasteiger partial charge >= 0.3 is 0 Å². The molecule has 6 heterocycles. The summed E-state index contributed by atoms with van der Waals surface area (Å²) in [6, 6.07) is 119. The third kappa shape index (κ3) is 13.4. The molecular weight excluding hydrogens is 1540 g/mol. The summed E-state index contributed by atoms with van der Waals surface area (Å²) in [4.78, 5) is 31.4. The first kappa shape index (κ1) is 78.0. The van der Waals surface area contributed by atoms with Crippen molar-refractivity contribution in [2.75, 3.05) is 0 Å². The monoisotopic (exact) mass is 1640 g/mol. The molecular formula is C118H95N9. The van der Waals surface area contributed by atoms with E-state index in [9.17, 15) is 0 Å². The van der Waals surface area contributed by atoms with Crippen LogP contribution < -0.4 is 0 Å². The van der Waals surface area contributed by atoms with Crippen molar-refractivity contribution in [2.24, 2.45) is 0 Å². The summed E-state index contributed by atoms with van der Waals surface area (Å²) in [5, 5.41) is 21.8. The summed E-state index contributed by atoms with van der Waals surface area (Å²) in [6.45, 7) is 26.8. The molecule has 9 nitrogen and oxygen atoms in total. The van der Waals surface area contributed by atoms with E-state index in [1.165, 1.54) is 142 Å². The lowest BCUT2D eigenvalue weighted by molar-refractivity contribution is 0.591. The van der Waals surface area contributed by atoms with Crippen molar-refractivity contribution in [3.63, 3.8) is 0 Å². The normalized spacial score (nSPS) is 12.2. The van der Waals surface area contributed by atoms with Crippen molar-refractivity contribution in [1.29, 1.82) is 0 Å². The molecule has 0 unspecified atom stereocenters. The molecule has 0 saturated carbocycles. The average Bonchev–Trinajstić information content (AvgIpc) is 1.59. The zero-order chi connectivity index (χ0) is 86.4. The number of benzene rings is 18. The Morgan fingerprint density at radius 1 is 0.220 bits per heavy atom. The van der Waals surface area contributed by atoms with Gasteiger partial charge in [0.25, 0.3) is 0 Å². The second-order valence-corrected chi connectivity index (χ2v) is 37.2. The topological polar surface area (TPSA) is 92.1 Å². The van der Waals surface area contributed by atoms with Gasteiger partial charge < -0.3 is 13.7 Å². The summed E-state index contributed by atoms with van der Waals surface area (Å²) in [5.41, 5.74) is 29.8. The Morgan fingerprint density at radius 3 is 0.772 bits per heavy atom. The van der Waals surface area contributed by atoms with Crippen LogP contribution in [0.1, 0.15) is 114 Å². The lowest BCUT2D eigenvalue weighted by Gasteiger charge is -2.22. The Kier molecular flexibility index (Phi) is 18.7. The Hall–Kier alpha value is -15.1. The fraction of sp³-hybridized carbons (Fsp3) is 0.136. The second-order valence-electron chi connectivity index (χ2n) is 37.2. The van der Waals surface area contributed by atoms with Crippen LogP contribution in [0.5, 0.6) is 0 Å². The Bertz CT molecular complexity index is 8500. The van der Waals surface area contributed by atoms with Gasteiger partial charge in [-0.05, 0) is 200 Å². The van der Waals surface area contributed by atoms with E-state index in [1.807, 2.05) is 18.6 Å². The van der Waals surface area contributed by atoms with E-state index in [2.05, 4.69) is 424 Å². The zero-order valence-electron chi connectivity index (χ0n) is 73.6. The molecule has 0 spiro atoms. The highest BCUT2D eigenvalue weighted by atomic mass is 15.0. The highest BCUT2D eigenvalue weighted by Gasteiger charge is 2.25. The average molecular weight is 1640 g/mol. The highest BCUT2D eigenvalue weighted by molar-refractivity contribution is 6.26. The molecule has 0 aliphatic carbocycles. The van der Waals surface area contributed by atoms with Crippen LogP contribution in [0.4, 0.5) is 0 Å². The van der Waals surface area contributed by atoms with Gasteiger partial charge in [-0.3, -0.25) is 15.0 Å². The van der Waals surface area contributed by atoms with Gasteiger partial charge in [0.05, 0.1) is 102 Å². The van der Waals surface area contributed by atoms with Crippen molar-refractivity contribution in [1.82, 2.24) is 43.6 Å². The van der Waals surface area contributed by atoms with E-state index in [4.69, 9.17) is 29.9 Å². The van der Waals surface area contributed by atoms with Crippen molar-refractivity contribution >= 4 is 163 Å². The lowest BCUT2D eigenvalue weighted by Crippen LogP contribution is -2.11. The number of rotatable bonds is 8. The number of aryl methyl sites for hydroxylation is 2. The van der Waals surface area contributed by atoms with Gasteiger partial charge in [0.2, 0.25) is 0 Å². The van der Waals surface area contributed by atoms with E-state index in [0.29, 0.717) is 11.8 Å². The molecule has 0 saturated heterocycles. The van der Waals surface area contributed by atoms with Crippen molar-refractivity contribution in [2.45, 2.75) is 106 Å². The van der Waals surface area contributed by atoms with E-state index in [-0.39, 0.29) is 10.8 Å². The number of nitrogens with zero attached hydrogens (tertiary/aromatic N) is 9. The van der Waals surface area contributed by atoms with E-state index >= 15 is 0 Å². The van der Waals surface area contributed by atoms with Crippen molar-refractivity contribution in [3.8, 4) is 50.8 Å². The predicted octanol–water partition coefficient (Wildman–Crippen LogP) is 31.6. The molecule has 0 aliphatic heterocycles. The van der Waals surface area contributed by atoms with E-state index in [0.717, 1.165) is 105 Å². The first-order valence-electron chi connectivity index (χ1n) is 44.4. The molecule has 612 valence electrons. The Labute approximate surface area is 738 Å². The van der Waals surface area contributed by atoms with Gasteiger partial charge in [0.15, 0.2) is 0 Å². The van der Waals surface area contributed by atoms with Gasteiger partial charge in [-0.1, -0.05) is 299 Å². The maximum Gasteiger partial charge on any atom is 0.0979 e. The van der Waals surface area contributed by atoms with Crippen LogP contribution in [0.25, 0.3) is 214 Å². The van der Waals surface area contributed by atoms with E-state index < -0.39 is 0 Å². The molecule has 6 aromatic heterocycles. The van der Waals surface area contributed by atoms with E-state index in [1.54, 1.807) is 0 Å². The van der Waals surface area contributed by atoms with Crippen LogP contribution in [-0.4, -0.2) is 43.6 Å². The second kappa shape index (κ2) is 30.4. The van der Waals surface area contributed by atoms with Gasteiger partial charge in [-0.15, -0.1) is 0 Å². The summed E-state index contributed by atoms with van der Waals surface area (Å²) in [5.74, 6) is 0.867. The molecule has 0 fully saturated rings. The molecule has 24 rings (SSSR count). The van der Waals surface area contributed by atoms with Crippen molar-refractivity contribution in [3.05, 3.63) is 380 Å².